The Morgan fingerprint density at radius 3 is 2.57 bits per heavy atom. The van der Waals surface area contributed by atoms with Gasteiger partial charge in [-0.2, -0.15) is 0 Å². The van der Waals surface area contributed by atoms with Gasteiger partial charge < -0.3 is 9.84 Å². The van der Waals surface area contributed by atoms with Crippen molar-refractivity contribution < 1.29 is 14.6 Å². The van der Waals surface area contributed by atoms with Crippen molar-refractivity contribution in [2.45, 2.75) is 25.7 Å². The molecule has 0 amide bonds. The van der Waals surface area contributed by atoms with Crippen LogP contribution in [0.4, 0.5) is 0 Å². The fraction of sp³-hybridized carbons (Fsp3) is 0.250. The standard InChI is InChI=1S/C20H20O3/c21-13-18-19(22)11-6-12-20(18)23-14-16-9-4-5-10-17(16)15-7-2-1-3-8-15/h1-3,6-8,11-13,22H,4-5,9-10,14H2. The van der Waals surface area contributed by atoms with Crippen LogP contribution in [0.25, 0.3) is 5.57 Å². The highest BCUT2D eigenvalue weighted by Crippen LogP contribution is 2.33. The SMILES string of the molecule is O=Cc1c(O)cccc1OCC1=C(c2ccccc2)CCCC1. The second kappa shape index (κ2) is 7.14. The van der Waals surface area contributed by atoms with Gasteiger partial charge in [-0.15, -0.1) is 0 Å². The van der Waals surface area contributed by atoms with Crippen LogP contribution in [0.1, 0.15) is 41.6 Å². The zero-order valence-electron chi connectivity index (χ0n) is 13.0. The molecule has 3 heteroatoms. The molecule has 0 aromatic heterocycles. The summed E-state index contributed by atoms with van der Waals surface area (Å²) in [5, 5.41) is 9.74. The highest BCUT2D eigenvalue weighted by Gasteiger charge is 2.16. The Balaban J connectivity index is 1.84. The lowest BCUT2D eigenvalue weighted by atomic mass is 9.88. The Morgan fingerprint density at radius 1 is 1.00 bits per heavy atom. The van der Waals surface area contributed by atoms with Crippen LogP contribution in [0.15, 0.2) is 54.1 Å². The summed E-state index contributed by atoms with van der Waals surface area (Å²) in [5.74, 6) is 0.392. The number of carbonyl (C=O) groups is 1. The third kappa shape index (κ3) is 3.45. The second-order valence-electron chi connectivity index (χ2n) is 5.75. The molecule has 0 spiro atoms. The summed E-state index contributed by atoms with van der Waals surface area (Å²) in [7, 11) is 0. The molecule has 2 aromatic carbocycles. The number of ether oxygens (including phenoxy) is 1. The lowest BCUT2D eigenvalue weighted by Gasteiger charge is -2.21. The average Bonchev–Trinajstić information content (AvgIpc) is 2.61. The van der Waals surface area contributed by atoms with Gasteiger partial charge in [0.05, 0.1) is 5.56 Å². The summed E-state index contributed by atoms with van der Waals surface area (Å²) in [6, 6.07) is 15.3. The third-order valence-electron chi connectivity index (χ3n) is 4.27. The number of aromatic hydroxyl groups is 1. The first-order valence-corrected chi connectivity index (χ1v) is 7.96. The van der Waals surface area contributed by atoms with Crippen LogP contribution in [0.3, 0.4) is 0 Å². The molecule has 0 unspecified atom stereocenters. The van der Waals surface area contributed by atoms with Gasteiger partial charge in [0.2, 0.25) is 0 Å². The summed E-state index contributed by atoms with van der Waals surface area (Å²) in [6.45, 7) is 0.453. The van der Waals surface area contributed by atoms with Crippen LogP contribution < -0.4 is 4.74 Å². The summed E-state index contributed by atoms with van der Waals surface area (Å²) in [4.78, 5) is 11.1. The van der Waals surface area contributed by atoms with E-state index >= 15 is 0 Å². The number of carbonyl (C=O) groups excluding carboxylic acids is 1. The molecule has 0 fully saturated rings. The van der Waals surface area contributed by atoms with Gasteiger partial charge in [0, 0.05) is 0 Å². The van der Waals surface area contributed by atoms with E-state index in [-0.39, 0.29) is 11.3 Å². The molecule has 0 radical (unpaired) electrons. The maximum Gasteiger partial charge on any atom is 0.157 e. The molecule has 0 saturated carbocycles. The topological polar surface area (TPSA) is 46.5 Å². The fourth-order valence-corrected chi connectivity index (χ4v) is 3.06. The lowest BCUT2D eigenvalue weighted by Crippen LogP contribution is -2.09. The Labute approximate surface area is 136 Å². The zero-order chi connectivity index (χ0) is 16.1. The molecule has 0 bridgehead atoms. The summed E-state index contributed by atoms with van der Waals surface area (Å²) in [5.41, 5.74) is 4.09. The van der Waals surface area contributed by atoms with Crippen molar-refractivity contribution in [3.63, 3.8) is 0 Å². The smallest absolute Gasteiger partial charge is 0.157 e. The van der Waals surface area contributed by atoms with Gasteiger partial charge in [-0.3, -0.25) is 4.79 Å². The predicted octanol–water partition coefficient (Wildman–Crippen LogP) is 4.61. The summed E-state index contributed by atoms with van der Waals surface area (Å²) >= 11 is 0. The molecule has 0 saturated heterocycles. The van der Waals surface area contributed by atoms with Crippen LogP contribution in [0, 0.1) is 0 Å². The van der Waals surface area contributed by atoms with Crippen LogP contribution in [0.2, 0.25) is 0 Å². The third-order valence-corrected chi connectivity index (χ3v) is 4.27. The van der Waals surface area contributed by atoms with Gasteiger partial charge in [0.15, 0.2) is 6.29 Å². The molecule has 0 atom stereocenters. The van der Waals surface area contributed by atoms with E-state index in [2.05, 4.69) is 24.3 Å². The molecule has 1 aliphatic carbocycles. The number of aldehydes is 1. The van der Waals surface area contributed by atoms with E-state index in [1.54, 1.807) is 12.1 Å². The number of benzene rings is 2. The normalized spacial score (nSPS) is 14.6. The monoisotopic (exact) mass is 308 g/mol. The summed E-state index contributed by atoms with van der Waals surface area (Å²) < 4.78 is 5.85. The van der Waals surface area contributed by atoms with E-state index in [1.807, 2.05) is 6.07 Å². The molecule has 3 rings (SSSR count). The number of hydrogen-bond donors (Lipinski definition) is 1. The lowest BCUT2D eigenvalue weighted by molar-refractivity contribution is 0.111. The molecule has 118 valence electrons. The Hall–Kier alpha value is -2.55. The van der Waals surface area contributed by atoms with Crippen LogP contribution in [0.5, 0.6) is 11.5 Å². The maximum atomic E-state index is 11.1. The van der Waals surface area contributed by atoms with Gasteiger partial charge in [0.25, 0.3) is 0 Å². The molecule has 23 heavy (non-hydrogen) atoms. The van der Waals surface area contributed by atoms with E-state index < -0.39 is 0 Å². The van der Waals surface area contributed by atoms with Crippen molar-refractivity contribution in [3.8, 4) is 11.5 Å². The molecule has 1 N–H and O–H groups in total. The van der Waals surface area contributed by atoms with Gasteiger partial charge in [-0.1, -0.05) is 36.4 Å². The van der Waals surface area contributed by atoms with Gasteiger partial charge in [0.1, 0.15) is 18.1 Å². The van der Waals surface area contributed by atoms with Gasteiger partial charge in [-0.25, -0.2) is 0 Å². The maximum absolute atomic E-state index is 11.1. The molecule has 0 heterocycles. The van der Waals surface area contributed by atoms with Crippen LogP contribution >= 0.6 is 0 Å². The minimum Gasteiger partial charge on any atom is -0.507 e. The predicted molar refractivity (Wildman–Crippen MR) is 90.8 cm³/mol. The minimum atomic E-state index is -0.0431. The Morgan fingerprint density at radius 2 is 1.78 bits per heavy atom. The van der Waals surface area contributed by atoms with Gasteiger partial charge in [-0.05, 0) is 54.5 Å². The van der Waals surface area contributed by atoms with Crippen molar-refractivity contribution in [1.82, 2.24) is 0 Å². The molecule has 0 aliphatic heterocycles. The number of phenolic OH excluding ortho intramolecular Hbond substituents is 1. The van der Waals surface area contributed by atoms with Gasteiger partial charge >= 0.3 is 0 Å². The molecule has 1 aliphatic rings. The average molecular weight is 308 g/mol. The second-order valence-corrected chi connectivity index (χ2v) is 5.75. The van der Waals surface area contributed by atoms with E-state index in [9.17, 15) is 9.90 Å². The highest BCUT2D eigenvalue weighted by atomic mass is 16.5. The minimum absolute atomic E-state index is 0.0431. The largest absolute Gasteiger partial charge is 0.507 e. The first-order chi connectivity index (χ1) is 11.3. The number of allylic oxidation sites excluding steroid dienone is 1. The van der Waals surface area contributed by atoms with Crippen molar-refractivity contribution in [2.75, 3.05) is 6.61 Å². The quantitative estimate of drug-likeness (QED) is 0.820. The molecule has 3 nitrogen and oxygen atoms in total. The molecular formula is C20H20O3. The zero-order valence-corrected chi connectivity index (χ0v) is 13.0. The molecule has 2 aromatic rings. The number of phenols is 1. The van der Waals surface area contributed by atoms with Crippen LogP contribution in [-0.2, 0) is 0 Å². The van der Waals surface area contributed by atoms with Crippen molar-refractivity contribution >= 4 is 11.9 Å². The number of rotatable bonds is 5. The highest BCUT2D eigenvalue weighted by molar-refractivity contribution is 5.83. The summed E-state index contributed by atoms with van der Waals surface area (Å²) in [6.07, 6.45) is 5.07. The van der Waals surface area contributed by atoms with E-state index in [0.717, 1.165) is 19.3 Å². The van der Waals surface area contributed by atoms with E-state index in [4.69, 9.17) is 4.74 Å². The van der Waals surface area contributed by atoms with E-state index in [1.165, 1.54) is 29.2 Å². The van der Waals surface area contributed by atoms with Crippen molar-refractivity contribution in [2.24, 2.45) is 0 Å². The molecular weight excluding hydrogens is 288 g/mol. The first kappa shape index (κ1) is 15.3. The van der Waals surface area contributed by atoms with Crippen molar-refractivity contribution in [1.29, 1.82) is 0 Å². The van der Waals surface area contributed by atoms with Crippen molar-refractivity contribution in [3.05, 3.63) is 65.2 Å². The van der Waals surface area contributed by atoms with Crippen LogP contribution in [-0.4, -0.2) is 18.0 Å². The fourth-order valence-electron chi connectivity index (χ4n) is 3.06. The first-order valence-electron chi connectivity index (χ1n) is 7.96. The Kier molecular flexibility index (Phi) is 4.77. The Bertz CT molecular complexity index is 717. The number of hydrogen-bond acceptors (Lipinski definition) is 3. The van der Waals surface area contributed by atoms with E-state index in [0.29, 0.717) is 18.6 Å².